The highest BCUT2D eigenvalue weighted by atomic mass is 16.5. The van der Waals surface area contributed by atoms with Crippen LogP contribution >= 0.6 is 0 Å². The van der Waals surface area contributed by atoms with Gasteiger partial charge in [0.2, 0.25) is 0 Å². The molecule has 0 unspecified atom stereocenters. The number of rotatable bonds is 15. The Hall–Kier alpha value is -1.91. The van der Waals surface area contributed by atoms with E-state index in [1.807, 2.05) is 0 Å². The van der Waals surface area contributed by atoms with Gasteiger partial charge < -0.3 is 20.5 Å². The van der Waals surface area contributed by atoms with Crippen molar-refractivity contribution in [1.82, 2.24) is 5.32 Å². The summed E-state index contributed by atoms with van der Waals surface area (Å²) in [5, 5.41) is 15.1. The van der Waals surface area contributed by atoms with Crippen molar-refractivity contribution in [3.63, 3.8) is 0 Å². The predicted octanol–water partition coefficient (Wildman–Crippen LogP) is 6.22. The lowest BCUT2D eigenvalue weighted by atomic mass is 10.1. The van der Waals surface area contributed by atoms with Crippen LogP contribution < -0.4 is 15.4 Å². The summed E-state index contributed by atoms with van der Waals surface area (Å²) in [5.74, 6) is 0.611. The summed E-state index contributed by atoms with van der Waals surface area (Å²) >= 11 is 0. The molecule has 5 nitrogen and oxygen atoms in total. The number of unbranched alkanes of at least 4 members (excludes halogenated alkanes) is 11. The van der Waals surface area contributed by atoms with E-state index < -0.39 is 0 Å². The maximum Gasteiger partial charge on any atom is 0.319 e. The number of ether oxygens (including phenoxy) is 1. The molecule has 154 valence electrons. The number of hydrogen-bond donors (Lipinski definition) is 3. The van der Waals surface area contributed by atoms with Crippen molar-refractivity contribution in [1.29, 1.82) is 0 Å². The minimum absolute atomic E-state index is 0.0899. The molecule has 0 atom stereocenters. The van der Waals surface area contributed by atoms with Gasteiger partial charge in [0.1, 0.15) is 11.5 Å². The highest BCUT2D eigenvalue weighted by molar-refractivity contribution is 5.91. The molecule has 1 aromatic carbocycles. The average molecular weight is 379 g/mol. The first kappa shape index (κ1) is 23.1. The quantitative estimate of drug-likeness (QED) is 0.317. The largest absolute Gasteiger partial charge is 0.508 e. The van der Waals surface area contributed by atoms with Gasteiger partial charge in [-0.15, -0.1) is 0 Å². The number of amides is 2. The smallest absolute Gasteiger partial charge is 0.319 e. The van der Waals surface area contributed by atoms with Crippen LogP contribution in [-0.4, -0.2) is 24.8 Å². The molecule has 1 rings (SSSR count). The van der Waals surface area contributed by atoms with Gasteiger partial charge in [0, 0.05) is 12.6 Å². The first-order valence-electron chi connectivity index (χ1n) is 10.6. The van der Waals surface area contributed by atoms with Crippen molar-refractivity contribution in [2.24, 2.45) is 0 Å². The third kappa shape index (κ3) is 11.4. The second kappa shape index (κ2) is 15.2. The summed E-state index contributed by atoms with van der Waals surface area (Å²) in [6, 6.07) is 4.34. The summed E-state index contributed by atoms with van der Waals surface area (Å²) in [7, 11) is 1.53. The Morgan fingerprint density at radius 2 is 1.48 bits per heavy atom. The van der Waals surface area contributed by atoms with Gasteiger partial charge in [-0.1, -0.05) is 77.6 Å². The lowest BCUT2D eigenvalue weighted by Crippen LogP contribution is -2.29. The number of anilines is 1. The number of nitrogens with one attached hydrogen (secondary N) is 2. The molecule has 0 saturated carbocycles. The average Bonchev–Trinajstić information content (AvgIpc) is 2.65. The highest BCUT2D eigenvalue weighted by Gasteiger charge is 2.07. The van der Waals surface area contributed by atoms with Gasteiger partial charge in [0.15, 0.2) is 0 Å². The van der Waals surface area contributed by atoms with Crippen LogP contribution in [0.5, 0.6) is 11.5 Å². The Balaban J connectivity index is 1.98. The number of phenolic OH excluding ortho intramolecular Hbond substituents is 1. The number of phenols is 1. The van der Waals surface area contributed by atoms with Crippen LogP contribution in [0.4, 0.5) is 10.5 Å². The topological polar surface area (TPSA) is 70.6 Å². The molecule has 3 N–H and O–H groups in total. The zero-order valence-electron chi connectivity index (χ0n) is 17.2. The minimum atomic E-state index is -0.276. The third-order valence-corrected chi connectivity index (χ3v) is 4.75. The molecule has 0 fully saturated rings. The van der Waals surface area contributed by atoms with Gasteiger partial charge in [-0.2, -0.15) is 0 Å². The molecule has 0 bridgehead atoms. The Labute approximate surface area is 164 Å². The molecule has 0 aliphatic rings. The Bertz CT molecular complexity index is 520. The molecule has 0 radical (unpaired) electrons. The number of carbonyl (C=O) groups is 1. The van der Waals surface area contributed by atoms with E-state index in [9.17, 15) is 9.90 Å². The summed E-state index contributed by atoms with van der Waals surface area (Å²) in [4.78, 5) is 11.9. The lowest BCUT2D eigenvalue weighted by Gasteiger charge is -2.11. The summed E-state index contributed by atoms with van der Waals surface area (Å²) < 4.78 is 5.17. The number of urea groups is 1. The van der Waals surface area contributed by atoms with E-state index in [1.165, 1.54) is 83.5 Å². The number of methoxy groups -OCH3 is 1. The maximum atomic E-state index is 11.9. The van der Waals surface area contributed by atoms with Crippen LogP contribution in [0.3, 0.4) is 0 Å². The molecule has 0 spiro atoms. The van der Waals surface area contributed by atoms with Gasteiger partial charge in [0.25, 0.3) is 0 Å². The SMILES string of the molecule is CCCCCCCCCCCCCCNC(=O)Nc1cc(O)ccc1OC. The fraction of sp³-hybridized carbons (Fsp3) is 0.682. The molecule has 0 aliphatic carbocycles. The maximum absolute atomic E-state index is 11.9. The Morgan fingerprint density at radius 3 is 2.04 bits per heavy atom. The van der Waals surface area contributed by atoms with E-state index in [0.717, 1.165) is 12.8 Å². The van der Waals surface area contributed by atoms with Crippen molar-refractivity contribution in [2.75, 3.05) is 19.0 Å². The van der Waals surface area contributed by atoms with E-state index >= 15 is 0 Å². The predicted molar refractivity (Wildman–Crippen MR) is 113 cm³/mol. The van der Waals surface area contributed by atoms with Crippen molar-refractivity contribution in [3.05, 3.63) is 18.2 Å². The van der Waals surface area contributed by atoms with Crippen LogP contribution in [-0.2, 0) is 0 Å². The molecule has 0 aliphatic heterocycles. The van der Waals surface area contributed by atoms with Crippen LogP contribution in [0.2, 0.25) is 0 Å². The molecule has 0 heterocycles. The van der Waals surface area contributed by atoms with Gasteiger partial charge in [0.05, 0.1) is 12.8 Å². The monoisotopic (exact) mass is 378 g/mol. The number of hydrogen-bond acceptors (Lipinski definition) is 3. The molecule has 1 aromatic rings. The number of benzene rings is 1. The molecular formula is C22H38N2O3. The molecule has 0 aromatic heterocycles. The van der Waals surface area contributed by atoms with Crippen LogP contribution in [0.25, 0.3) is 0 Å². The van der Waals surface area contributed by atoms with E-state index in [-0.39, 0.29) is 11.8 Å². The van der Waals surface area contributed by atoms with Crippen LogP contribution in [0, 0.1) is 0 Å². The molecule has 5 heteroatoms. The normalized spacial score (nSPS) is 10.6. The first-order chi connectivity index (χ1) is 13.2. The Kier molecular flexibility index (Phi) is 13.0. The second-order valence-electron chi connectivity index (χ2n) is 7.15. The van der Waals surface area contributed by atoms with E-state index in [2.05, 4.69) is 17.6 Å². The standard InChI is InChI=1S/C22H38N2O3/c1-3-4-5-6-7-8-9-10-11-12-13-14-17-23-22(26)24-20-18-19(25)15-16-21(20)27-2/h15-16,18,25H,3-14,17H2,1-2H3,(H2,23,24,26). The van der Waals surface area contributed by atoms with E-state index in [0.29, 0.717) is 18.0 Å². The minimum Gasteiger partial charge on any atom is -0.508 e. The summed E-state index contributed by atoms with van der Waals surface area (Å²) in [6.07, 6.45) is 15.6. The van der Waals surface area contributed by atoms with Gasteiger partial charge in [-0.25, -0.2) is 4.79 Å². The lowest BCUT2D eigenvalue weighted by molar-refractivity contribution is 0.251. The zero-order chi connectivity index (χ0) is 19.7. The highest BCUT2D eigenvalue weighted by Crippen LogP contribution is 2.28. The first-order valence-corrected chi connectivity index (χ1v) is 10.6. The Morgan fingerprint density at radius 1 is 0.926 bits per heavy atom. The van der Waals surface area contributed by atoms with Gasteiger partial charge in [-0.3, -0.25) is 0 Å². The second-order valence-corrected chi connectivity index (χ2v) is 7.15. The van der Waals surface area contributed by atoms with Crippen LogP contribution in [0.15, 0.2) is 18.2 Å². The number of aromatic hydroxyl groups is 1. The van der Waals surface area contributed by atoms with Gasteiger partial charge in [-0.05, 0) is 18.6 Å². The summed E-state index contributed by atoms with van der Waals surface area (Å²) in [5.41, 5.74) is 0.463. The van der Waals surface area contributed by atoms with E-state index in [1.54, 1.807) is 6.07 Å². The van der Waals surface area contributed by atoms with Crippen molar-refractivity contribution in [3.8, 4) is 11.5 Å². The number of carbonyl (C=O) groups excluding carboxylic acids is 1. The molecule has 27 heavy (non-hydrogen) atoms. The fourth-order valence-electron chi connectivity index (χ4n) is 3.13. The zero-order valence-corrected chi connectivity index (χ0v) is 17.2. The third-order valence-electron chi connectivity index (χ3n) is 4.75. The molecular weight excluding hydrogens is 340 g/mol. The van der Waals surface area contributed by atoms with Crippen LogP contribution in [0.1, 0.15) is 84.0 Å². The van der Waals surface area contributed by atoms with Crippen molar-refractivity contribution >= 4 is 11.7 Å². The molecule has 0 saturated heterocycles. The fourth-order valence-corrected chi connectivity index (χ4v) is 3.13. The van der Waals surface area contributed by atoms with E-state index in [4.69, 9.17) is 4.74 Å². The summed E-state index contributed by atoms with van der Waals surface area (Å²) in [6.45, 7) is 2.92. The van der Waals surface area contributed by atoms with Crippen molar-refractivity contribution < 1.29 is 14.6 Å². The molecule has 2 amide bonds. The van der Waals surface area contributed by atoms with Gasteiger partial charge >= 0.3 is 6.03 Å². The van der Waals surface area contributed by atoms with Crippen molar-refractivity contribution in [2.45, 2.75) is 84.0 Å².